The monoisotopic (exact) mass is 423 g/mol. The number of nitrogens with zero attached hydrogens (tertiary/aromatic N) is 3. The first kappa shape index (κ1) is 19.9. The number of carbonyl (C=O) groups excluding carboxylic acids is 1. The zero-order valence-corrected chi connectivity index (χ0v) is 16.9. The Morgan fingerprint density at radius 2 is 1.87 bits per heavy atom. The summed E-state index contributed by atoms with van der Waals surface area (Å²) < 4.78 is 41.1. The number of benzene rings is 2. The molecular weight excluding hydrogens is 405 g/mol. The molecule has 0 unspecified atom stereocenters. The Morgan fingerprint density at radius 3 is 2.63 bits per heavy atom. The predicted molar refractivity (Wildman–Crippen MR) is 109 cm³/mol. The van der Waals surface area contributed by atoms with Gasteiger partial charge in [0.25, 0.3) is 0 Å². The van der Waals surface area contributed by atoms with Crippen molar-refractivity contribution >= 4 is 21.4 Å². The number of halogens is 1. The fourth-order valence-electron chi connectivity index (χ4n) is 3.20. The van der Waals surface area contributed by atoms with Crippen LogP contribution in [0.2, 0.25) is 0 Å². The van der Waals surface area contributed by atoms with Crippen molar-refractivity contribution < 1.29 is 17.6 Å². The fraction of sp³-hybridized carbons (Fsp3) is 0.136. The Balaban J connectivity index is 1.48. The molecule has 0 saturated carbocycles. The van der Waals surface area contributed by atoms with Crippen LogP contribution >= 0.6 is 0 Å². The molecule has 4 aromatic rings. The summed E-state index contributed by atoms with van der Waals surface area (Å²) in [4.78, 5) is 20.7. The van der Waals surface area contributed by atoms with Crippen LogP contribution in [0.15, 0.2) is 77.0 Å². The zero-order chi connectivity index (χ0) is 21.3. The van der Waals surface area contributed by atoms with Crippen molar-refractivity contribution in [3.05, 3.63) is 89.8 Å². The second-order valence-electron chi connectivity index (χ2n) is 6.91. The summed E-state index contributed by atoms with van der Waals surface area (Å²) in [7, 11) is -3.82. The van der Waals surface area contributed by atoms with E-state index in [4.69, 9.17) is 0 Å². The number of hydrogen-bond donors (Lipinski definition) is 0. The minimum atomic E-state index is -3.82. The molecule has 2 heterocycles. The molecule has 2 aromatic heterocycles. The van der Waals surface area contributed by atoms with Gasteiger partial charge >= 0.3 is 0 Å². The number of hydrogen-bond acceptors (Lipinski definition) is 5. The van der Waals surface area contributed by atoms with Gasteiger partial charge in [-0.2, -0.15) is 0 Å². The van der Waals surface area contributed by atoms with Gasteiger partial charge in [0.2, 0.25) is 15.6 Å². The lowest BCUT2D eigenvalue weighted by molar-refractivity contribution is 0.0982. The van der Waals surface area contributed by atoms with E-state index < -0.39 is 15.7 Å². The van der Waals surface area contributed by atoms with E-state index >= 15 is 0 Å². The second-order valence-corrected chi connectivity index (χ2v) is 8.83. The number of Topliss-reactive ketones (excluding diaryl/α,β-unsaturated/α-hetero) is 1. The number of imidazole rings is 1. The number of carbonyl (C=O) groups is 1. The lowest BCUT2D eigenvalue weighted by Crippen LogP contribution is -2.06. The number of rotatable bonds is 6. The van der Waals surface area contributed by atoms with Crippen molar-refractivity contribution in [2.75, 3.05) is 0 Å². The maximum Gasteiger partial charge on any atom is 0.233 e. The van der Waals surface area contributed by atoms with Crippen molar-refractivity contribution in [3.63, 3.8) is 0 Å². The van der Waals surface area contributed by atoms with E-state index in [9.17, 15) is 17.6 Å². The van der Waals surface area contributed by atoms with Crippen LogP contribution in [0.1, 0.15) is 27.9 Å². The van der Waals surface area contributed by atoms with Gasteiger partial charge in [0.05, 0.1) is 15.4 Å². The van der Waals surface area contributed by atoms with Crippen LogP contribution < -0.4 is 0 Å². The highest BCUT2D eigenvalue weighted by Crippen LogP contribution is 2.25. The van der Waals surface area contributed by atoms with Gasteiger partial charge in [-0.25, -0.2) is 22.8 Å². The van der Waals surface area contributed by atoms with E-state index in [1.165, 1.54) is 43.5 Å². The molecule has 8 heteroatoms. The van der Waals surface area contributed by atoms with Gasteiger partial charge in [0.1, 0.15) is 5.82 Å². The van der Waals surface area contributed by atoms with Gasteiger partial charge in [0.15, 0.2) is 5.78 Å². The first-order valence-electron chi connectivity index (χ1n) is 9.27. The highest BCUT2D eigenvalue weighted by molar-refractivity contribution is 7.91. The molecule has 0 aliphatic rings. The third-order valence-electron chi connectivity index (χ3n) is 4.95. The van der Waals surface area contributed by atoms with E-state index in [0.717, 1.165) is 5.56 Å². The van der Waals surface area contributed by atoms with Gasteiger partial charge in [0, 0.05) is 36.8 Å². The molecule has 0 aliphatic carbocycles. The van der Waals surface area contributed by atoms with E-state index in [0.29, 0.717) is 17.8 Å². The van der Waals surface area contributed by atoms with Crippen molar-refractivity contribution in [3.8, 4) is 0 Å². The summed E-state index contributed by atoms with van der Waals surface area (Å²) in [5.41, 5.74) is 1.41. The van der Waals surface area contributed by atoms with Crippen LogP contribution in [-0.2, 0) is 16.3 Å². The minimum absolute atomic E-state index is 0.0483. The molecule has 152 valence electrons. The fourth-order valence-corrected chi connectivity index (χ4v) is 4.71. The SMILES string of the molecule is Cc1c(F)cccc1S(=O)(=O)c1ccc(CCC(=O)c2cnc3nccn3c2)cc1. The zero-order valence-electron chi connectivity index (χ0n) is 16.1. The van der Waals surface area contributed by atoms with Gasteiger partial charge < -0.3 is 0 Å². The summed E-state index contributed by atoms with van der Waals surface area (Å²) >= 11 is 0. The van der Waals surface area contributed by atoms with Gasteiger partial charge in [-0.15, -0.1) is 0 Å². The first-order chi connectivity index (χ1) is 14.4. The van der Waals surface area contributed by atoms with Gasteiger partial charge in [-0.1, -0.05) is 18.2 Å². The predicted octanol–water partition coefficient (Wildman–Crippen LogP) is 3.83. The molecule has 0 spiro atoms. The summed E-state index contributed by atoms with van der Waals surface area (Å²) in [6.45, 7) is 1.44. The van der Waals surface area contributed by atoms with E-state index in [-0.39, 0.29) is 27.6 Å². The topological polar surface area (TPSA) is 81.4 Å². The average molecular weight is 423 g/mol. The van der Waals surface area contributed by atoms with Crippen LogP contribution in [-0.4, -0.2) is 28.6 Å². The molecule has 0 atom stereocenters. The first-order valence-corrected chi connectivity index (χ1v) is 10.8. The number of sulfone groups is 1. The van der Waals surface area contributed by atoms with Crippen molar-refractivity contribution in [1.82, 2.24) is 14.4 Å². The number of aromatic nitrogens is 3. The highest BCUT2D eigenvalue weighted by Gasteiger charge is 2.21. The van der Waals surface area contributed by atoms with Crippen molar-refractivity contribution in [1.29, 1.82) is 0 Å². The molecular formula is C22H18FN3O3S. The number of aryl methyl sites for hydroxylation is 1. The quantitative estimate of drug-likeness (QED) is 0.440. The van der Waals surface area contributed by atoms with Gasteiger partial charge in [-0.3, -0.25) is 9.20 Å². The Hall–Kier alpha value is -3.39. The van der Waals surface area contributed by atoms with Crippen molar-refractivity contribution in [2.45, 2.75) is 29.6 Å². The Kier molecular flexibility index (Phi) is 5.17. The highest BCUT2D eigenvalue weighted by atomic mass is 32.2. The van der Waals surface area contributed by atoms with E-state index in [1.54, 1.807) is 35.1 Å². The molecule has 0 saturated heterocycles. The number of ketones is 1. The van der Waals surface area contributed by atoms with Crippen LogP contribution in [0.5, 0.6) is 0 Å². The van der Waals surface area contributed by atoms with Crippen LogP contribution in [0.3, 0.4) is 0 Å². The largest absolute Gasteiger partial charge is 0.294 e. The molecule has 0 amide bonds. The van der Waals surface area contributed by atoms with E-state index in [1.807, 2.05) is 0 Å². The second kappa shape index (κ2) is 7.79. The minimum Gasteiger partial charge on any atom is -0.294 e. The Labute approximate surface area is 173 Å². The Morgan fingerprint density at radius 1 is 1.10 bits per heavy atom. The number of fused-ring (bicyclic) bond motifs is 1. The van der Waals surface area contributed by atoms with Crippen molar-refractivity contribution in [2.24, 2.45) is 0 Å². The molecule has 0 radical (unpaired) electrons. The normalized spacial score (nSPS) is 11.7. The maximum atomic E-state index is 13.8. The Bertz CT molecular complexity index is 1350. The summed E-state index contributed by atoms with van der Waals surface area (Å²) in [5.74, 6) is -0.100. The molecule has 0 aliphatic heterocycles. The average Bonchev–Trinajstić information content (AvgIpc) is 3.22. The van der Waals surface area contributed by atoms with Crippen LogP contribution in [0, 0.1) is 12.7 Å². The molecule has 0 bridgehead atoms. The molecule has 0 N–H and O–H groups in total. The smallest absolute Gasteiger partial charge is 0.233 e. The molecule has 6 nitrogen and oxygen atoms in total. The van der Waals surface area contributed by atoms with E-state index in [2.05, 4.69) is 9.97 Å². The molecule has 2 aromatic carbocycles. The summed E-state index contributed by atoms with van der Waals surface area (Å²) in [6.07, 6.45) is 7.24. The van der Waals surface area contributed by atoms with Crippen LogP contribution in [0.4, 0.5) is 4.39 Å². The molecule has 0 fully saturated rings. The molecule has 30 heavy (non-hydrogen) atoms. The summed E-state index contributed by atoms with van der Waals surface area (Å²) in [6, 6.07) is 10.3. The molecule has 4 rings (SSSR count). The maximum absolute atomic E-state index is 13.8. The van der Waals surface area contributed by atoms with Crippen LogP contribution in [0.25, 0.3) is 5.78 Å². The van der Waals surface area contributed by atoms with Gasteiger partial charge in [-0.05, 0) is 43.2 Å². The lowest BCUT2D eigenvalue weighted by atomic mass is 10.0. The third-order valence-corrected chi connectivity index (χ3v) is 6.86. The standard InChI is InChI=1S/C22H18FN3O3S/c1-15-19(23)3-2-4-21(15)30(28,29)18-8-5-16(6-9-18)7-10-20(27)17-13-25-22-24-11-12-26(22)14-17/h2-6,8-9,11-14H,7,10H2,1H3. The summed E-state index contributed by atoms with van der Waals surface area (Å²) in [5, 5.41) is 0. The third kappa shape index (κ3) is 3.73. The lowest BCUT2D eigenvalue weighted by Gasteiger charge is -2.09.